The normalized spacial score (nSPS) is 14.2. The molecule has 3 heteroatoms. The lowest BCUT2D eigenvalue weighted by Gasteiger charge is -2.40. The number of rotatable bonds is 2. The van der Waals surface area contributed by atoms with Crippen molar-refractivity contribution in [2.75, 3.05) is 0 Å². The molecule has 0 aliphatic rings. The minimum absolute atomic E-state index is 0.0919. The van der Waals surface area contributed by atoms with Gasteiger partial charge < -0.3 is 0 Å². The third kappa shape index (κ3) is 4.60. The van der Waals surface area contributed by atoms with Gasteiger partial charge in [-0.05, 0) is 31.1 Å². The third-order valence-corrected chi connectivity index (χ3v) is 7.24. The lowest BCUT2D eigenvalue weighted by molar-refractivity contribution is -0.677. The van der Waals surface area contributed by atoms with Crippen molar-refractivity contribution in [2.45, 2.75) is 84.5 Å². The van der Waals surface area contributed by atoms with E-state index < -0.39 is 0 Å². The van der Waals surface area contributed by atoms with Crippen LogP contribution in [0.1, 0.15) is 62.3 Å². The highest BCUT2D eigenvalue weighted by molar-refractivity contribution is 7.59. The number of hydrogen-bond acceptors (Lipinski definition) is 0. The fraction of sp³-hybridized carbons (Fsp3) is 0.812. The number of nitrogens with zero attached hydrogens (tertiary/aromatic N) is 2. The summed E-state index contributed by atoms with van der Waals surface area (Å²) in [6.45, 7) is 21.0. The monoisotopic (exact) mass is 283 g/mol. The van der Waals surface area contributed by atoms with Crippen molar-refractivity contribution < 1.29 is 4.57 Å². The molecule has 1 rings (SSSR count). The molecule has 0 unspecified atom stereocenters. The molecule has 0 aliphatic heterocycles. The van der Waals surface area contributed by atoms with E-state index in [1.807, 2.05) is 0 Å². The van der Waals surface area contributed by atoms with Crippen LogP contribution < -0.4 is 4.57 Å². The lowest BCUT2D eigenvalue weighted by Crippen LogP contribution is -2.38. The summed E-state index contributed by atoms with van der Waals surface area (Å²) in [6, 6.07) is 0. The predicted molar refractivity (Wildman–Crippen MR) is 86.0 cm³/mol. The molecule has 1 aromatic rings. The zero-order valence-corrected chi connectivity index (χ0v) is 15.2. The highest BCUT2D eigenvalue weighted by Crippen LogP contribution is 2.59. The first kappa shape index (κ1) is 16.7. The zero-order valence-electron chi connectivity index (χ0n) is 14.3. The SMILES string of the molecule is CC(C)(C)n1cc[n+](CP(C(C)(C)C)C(C)(C)C)c1. The van der Waals surface area contributed by atoms with E-state index in [2.05, 4.69) is 90.2 Å². The molecule has 0 amide bonds. The smallest absolute Gasteiger partial charge is 0.233 e. The summed E-state index contributed by atoms with van der Waals surface area (Å²) in [6.07, 6.45) is 7.81. The van der Waals surface area contributed by atoms with Gasteiger partial charge in [0.1, 0.15) is 24.2 Å². The second-order valence-corrected chi connectivity index (χ2v) is 12.2. The van der Waals surface area contributed by atoms with Crippen LogP contribution in [0.5, 0.6) is 0 Å². The largest absolute Gasteiger partial charge is 0.244 e. The molecule has 0 saturated carbocycles. The highest BCUT2D eigenvalue weighted by atomic mass is 31.1. The van der Waals surface area contributed by atoms with E-state index in [-0.39, 0.29) is 13.5 Å². The Hall–Kier alpha value is -0.360. The molecule has 2 nitrogen and oxygen atoms in total. The van der Waals surface area contributed by atoms with Crippen LogP contribution in [0, 0.1) is 0 Å². The Labute approximate surface area is 121 Å². The van der Waals surface area contributed by atoms with Crippen LogP contribution >= 0.6 is 7.92 Å². The van der Waals surface area contributed by atoms with Crippen LogP contribution in [0.3, 0.4) is 0 Å². The second kappa shape index (κ2) is 5.20. The quantitative estimate of drug-likeness (QED) is 0.555. The minimum Gasteiger partial charge on any atom is -0.233 e. The first-order chi connectivity index (χ1) is 8.32. The summed E-state index contributed by atoms with van der Waals surface area (Å²) >= 11 is 0. The summed E-state index contributed by atoms with van der Waals surface area (Å²) in [5.41, 5.74) is 0.164. The van der Waals surface area contributed by atoms with Crippen molar-refractivity contribution in [3.8, 4) is 0 Å². The van der Waals surface area contributed by atoms with Gasteiger partial charge in [-0.3, -0.25) is 0 Å². The molecule has 1 aromatic heterocycles. The fourth-order valence-corrected chi connectivity index (χ4v) is 5.82. The molecule has 0 bridgehead atoms. The summed E-state index contributed by atoms with van der Waals surface area (Å²) in [7, 11) is -0.0919. The Bertz CT molecular complexity index is 399. The van der Waals surface area contributed by atoms with Crippen LogP contribution in [0.25, 0.3) is 0 Å². The third-order valence-electron chi connectivity index (χ3n) is 3.39. The molecule has 0 aromatic carbocycles. The molecule has 0 spiro atoms. The predicted octanol–water partition coefficient (Wildman–Crippen LogP) is 4.57. The second-order valence-electron chi connectivity index (χ2n) is 8.42. The molecule has 0 fully saturated rings. The first-order valence-corrected chi connectivity index (χ1v) is 8.70. The number of imidazole rings is 1. The Balaban J connectivity index is 2.96. The maximum atomic E-state index is 2.38. The molecule has 0 N–H and O–H groups in total. The van der Waals surface area contributed by atoms with Gasteiger partial charge in [-0.25, -0.2) is 9.13 Å². The van der Waals surface area contributed by atoms with Gasteiger partial charge in [-0.15, -0.1) is 0 Å². The van der Waals surface area contributed by atoms with Crippen molar-refractivity contribution in [3.05, 3.63) is 18.7 Å². The molecular weight excluding hydrogens is 251 g/mol. The van der Waals surface area contributed by atoms with Gasteiger partial charge in [-0.1, -0.05) is 49.5 Å². The van der Waals surface area contributed by atoms with E-state index in [9.17, 15) is 0 Å². The van der Waals surface area contributed by atoms with Crippen molar-refractivity contribution in [2.24, 2.45) is 0 Å². The Morgan fingerprint density at radius 2 is 1.37 bits per heavy atom. The summed E-state index contributed by atoms with van der Waals surface area (Å²) in [5.74, 6) is 0. The number of aromatic nitrogens is 2. The Kier molecular flexibility index (Phi) is 4.57. The highest BCUT2D eigenvalue weighted by Gasteiger charge is 2.36. The van der Waals surface area contributed by atoms with Gasteiger partial charge in [0.25, 0.3) is 0 Å². The molecule has 0 radical (unpaired) electrons. The Morgan fingerprint density at radius 1 is 0.895 bits per heavy atom. The molecule has 0 atom stereocenters. The lowest BCUT2D eigenvalue weighted by atomic mass is 10.1. The van der Waals surface area contributed by atoms with Crippen LogP contribution in [0.4, 0.5) is 0 Å². The fourth-order valence-electron chi connectivity index (χ4n) is 2.47. The van der Waals surface area contributed by atoms with Crippen molar-refractivity contribution in [3.63, 3.8) is 0 Å². The van der Waals surface area contributed by atoms with Gasteiger partial charge in [0.05, 0.1) is 0 Å². The molecular formula is C16H32N2P+. The average molecular weight is 283 g/mol. The Morgan fingerprint density at radius 3 is 1.68 bits per heavy atom. The van der Waals surface area contributed by atoms with Gasteiger partial charge >= 0.3 is 0 Å². The van der Waals surface area contributed by atoms with E-state index in [0.29, 0.717) is 10.3 Å². The molecule has 1 heterocycles. The summed E-state index contributed by atoms with van der Waals surface area (Å²) in [5, 5.41) is 0.759. The van der Waals surface area contributed by atoms with Crippen molar-refractivity contribution >= 4 is 7.92 Å². The topological polar surface area (TPSA) is 8.81 Å². The van der Waals surface area contributed by atoms with Crippen LogP contribution in [0.2, 0.25) is 0 Å². The van der Waals surface area contributed by atoms with Crippen LogP contribution in [0.15, 0.2) is 18.7 Å². The van der Waals surface area contributed by atoms with E-state index >= 15 is 0 Å². The van der Waals surface area contributed by atoms with Crippen molar-refractivity contribution in [1.29, 1.82) is 0 Å². The van der Waals surface area contributed by atoms with E-state index in [0.717, 1.165) is 6.29 Å². The van der Waals surface area contributed by atoms with E-state index in [4.69, 9.17) is 0 Å². The van der Waals surface area contributed by atoms with Crippen LogP contribution in [-0.4, -0.2) is 14.9 Å². The maximum absolute atomic E-state index is 2.38. The van der Waals surface area contributed by atoms with E-state index in [1.54, 1.807) is 0 Å². The minimum atomic E-state index is -0.0919. The average Bonchev–Trinajstić information content (AvgIpc) is 2.57. The maximum Gasteiger partial charge on any atom is 0.244 e. The standard InChI is InChI=1S/C16H32N2P/c1-14(2,3)18-11-10-17(12-18)13-19(15(4,5)6)16(7,8)9/h10-12H,13H2,1-9H3/q+1. The molecule has 110 valence electrons. The molecule has 0 aliphatic carbocycles. The molecule has 0 saturated heterocycles. The van der Waals surface area contributed by atoms with Gasteiger partial charge in [0, 0.05) is 0 Å². The van der Waals surface area contributed by atoms with Crippen LogP contribution in [-0.2, 0) is 11.8 Å². The van der Waals surface area contributed by atoms with Gasteiger partial charge in [0.15, 0.2) is 0 Å². The first-order valence-electron chi connectivity index (χ1n) is 7.17. The van der Waals surface area contributed by atoms with E-state index in [1.165, 1.54) is 0 Å². The number of hydrogen-bond donors (Lipinski definition) is 0. The summed E-state index contributed by atoms with van der Waals surface area (Å²) < 4.78 is 4.67. The van der Waals surface area contributed by atoms with Crippen molar-refractivity contribution in [1.82, 2.24) is 4.57 Å². The van der Waals surface area contributed by atoms with Gasteiger partial charge in [-0.2, -0.15) is 0 Å². The molecule has 19 heavy (non-hydrogen) atoms. The summed E-state index contributed by atoms with van der Waals surface area (Å²) in [4.78, 5) is 0. The van der Waals surface area contributed by atoms with Gasteiger partial charge in [0.2, 0.25) is 6.33 Å². The zero-order chi connectivity index (χ0) is 15.1.